The van der Waals surface area contributed by atoms with Gasteiger partial charge >= 0.3 is 0 Å². The molecule has 38 heavy (non-hydrogen) atoms. The Morgan fingerprint density at radius 1 is 0.605 bits per heavy atom. The number of hydrogen-bond acceptors (Lipinski definition) is 3. The van der Waals surface area contributed by atoms with Crippen molar-refractivity contribution in [3.8, 4) is 0 Å². The molecule has 4 nitrogen and oxygen atoms in total. The summed E-state index contributed by atoms with van der Waals surface area (Å²) in [6.07, 6.45) is 34.0. The van der Waals surface area contributed by atoms with Crippen LogP contribution in [0.15, 0.2) is 0 Å². The van der Waals surface area contributed by atoms with Crippen LogP contribution in [0.25, 0.3) is 0 Å². The van der Waals surface area contributed by atoms with Crippen molar-refractivity contribution >= 4 is 5.91 Å². The van der Waals surface area contributed by atoms with Gasteiger partial charge in [0, 0.05) is 6.42 Å². The molecule has 1 rings (SSSR count). The fourth-order valence-electron chi connectivity index (χ4n) is 5.83. The maximum absolute atomic E-state index is 12.4. The number of amides is 1. The quantitative estimate of drug-likeness (QED) is 0.0976. The molecule has 4 heteroatoms. The molecule has 0 aromatic carbocycles. The number of carbonyl (C=O) groups excluding carboxylic acids is 1. The minimum atomic E-state index is -0.557. The van der Waals surface area contributed by atoms with E-state index < -0.39 is 6.10 Å². The Balaban J connectivity index is 1.88. The van der Waals surface area contributed by atoms with E-state index >= 15 is 0 Å². The predicted molar refractivity (Wildman–Crippen MR) is 164 cm³/mol. The summed E-state index contributed by atoms with van der Waals surface area (Å²) in [6.45, 7) is 5.00. The van der Waals surface area contributed by atoms with E-state index in [4.69, 9.17) is 4.74 Å². The third-order valence-electron chi connectivity index (χ3n) is 8.48. The fraction of sp³-hybridized carbons (Fsp3) is 0.971. The van der Waals surface area contributed by atoms with Crippen molar-refractivity contribution in [2.24, 2.45) is 0 Å². The number of aliphatic hydroxyl groups is 1. The van der Waals surface area contributed by atoms with Gasteiger partial charge in [0.05, 0.1) is 18.8 Å². The van der Waals surface area contributed by atoms with Crippen molar-refractivity contribution < 1.29 is 14.6 Å². The number of aliphatic hydroxyl groups excluding tert-OH is 1. The molecule has 0 bridgehead atoms. The summed E-state index contributed by atoms with van der Waals surface area (Å²) in [5, 5.41) is 13.6. The first-order valence-electron chi connectivity index (χ1n) is 17.3. The Labute approximate surface area is 237 Å². The summed E-state index contributed by atoms with van der Waals surface area (Å²) in [5.41, 5.74) is 0. The molecular weight excluding hydrogens is 470 g/mol. The van der Waals surface area contributed by atoms with Crippen molar-refractivity contribution in [2.45, 2.75) is 205 Å². The van der Waals surface area contributed by atoms with Gasteiger partial charge in [0.25, 0.3) is 0 Å². The highest BCUT2D eigenvalue weighted by atomic mass is 16.5. The first kappa shape index (κ1) is 35.4. The van der Waals surface area contributed by atoms with E-state index in [0.29, 0.717) is 13.0 Å². The lowest BCUT2D eigenvalue weighted by Gasteiger charge is -2.18. The molecular formula is C34H67NO3. The van der Waals surface area contributed by atoms with Crippen LogP contribution in [0.2, 0.25) is 0 Å². The van der Waals surface area contributed by atoms with E-state index in [2.05, 4.69) is 19.2 Å². The second kappa shape index (κ2) is 26.6. The zero-order chi connectivity index (χ0) is 27.5. The van der Waals surface area contributed by atoms with Gasteiger partial charge in [0.2, 0.25) is 5.91 Å². The summed E-state index contributed by atoms with van der Waals surface area (Å²) >= 11 is 0. The highest BCUT2D eigenvalue weighted by Crippen LogP contribution is 2.21. The van der Waals surface area contributed by atoms with E-state index in [-0.39, 0.29) is 18.1 Å². The first-order valence-corrected chi connectivity index (χ1v) is 17.3. The van der Waals surface area contributed by atoms with Gasteiger partial charge in [0.1, 0.15) is 6.10 Å². The van der Waals surface area contributed by atoms with Crippen LogP contribution >= 0.6 is 0 Å². The van der Waals surface area contributed by atoms with E-state index in [1.165, 1.54) is 141 Å². The minimum Gasteiger partial charge on any atom is -0.388 e. The molecule has 0 aromatic rings. The van der Waals surface area contributed by atoms with Gasteiger partial charge in [0.15, 0.2) is 0 Å². The number of rotatable bonds is 28. The molecule has 1 aliphatic heterocycles. The molecule has 0 unspecified atom stereocenters. The smallest absolute Gasteiger partial charge is 0.220 e. The van der Waals surface area contributed by atoms with Gasteiger partial charge in [-0.3, -0.25) is 4.79 Å². The first-order chi connectivity index (χ1) is 18.7. The van der Waals surface area contributed by atoms with Crippen LogP contribution in [0, 0.1) is 0 Å². The number of unbranched alkanes of at least 4 members (excludes halogenated alkanes) is 23. The monoisotopic (exact) mass is 538 g/mol. The SMILES string of the molecule is CCCCCCCCCCCCCCCCCC(=O)N[C@H]1CO[C@H](CCCCCCCCCCCC)[C@H]1O. The number of hydrogen-bond donors (Lipinski definition) is 2. The molecule has 1 amide bonds. The summed E-state index contributed by atoms with van der Waals surface area (Å²) in [6, 6.07) is -0.230. The molecule has 0 aromatic heterocycles. The van der Waals surface area contributed by atoms with Gasteiger partial charge < -0.3 is 15.2 Å². The van der Waals surface area contributed by atoms with Crippen LogP contribution < -0.4 is 5.32 Å². The highest BCUT2D eigenvalue weighted by Gasteiger charge is 2.36. The van der Waals surface area contributed by atoms with E-state index in [1.54, 1.807) is 0 Å². The summed E-state index contributed by atoms with van der Waals surface area (Å²) in [5.74, 6) is 0.0759. The molecule has 1 saturated heterocycles. The molecule has 1 aliphatic rings. The van der Waals surface area contributed by atoms with Crippen LogP contribution in [0.5, 0.6) is 0 Å². The van der Waals surface area contributed by atoms with E-state index in [1.807, 2.05) is 0 Å². The fourth-order valence-corrected chi connectivity index (χ4v) is 5.83. The van der Waals surface area contributed by atoms with Crippen molar-refractivity contribution in [1.82, 2.24) is 5.32 Å². The van der Waals surface area contributed by atoms with Crippen LogP contribution in [0.3, 0.4) is 0 Å². The summed E-state index contributed by atoms with van der Waals surface area (Å²) in [7, 11) is 0. The topological polar surface area (TPSA) is 58.6 Å². The lowest BCUT2D eigenvalue weighted by Crippen LogP contribution is -2.44. The van der Waals surface area contributed by atoms with Gasteiger partial charge in [-0.1, -0.05) is 168 Å². The summed E-state index contributed by atoms with van der Waals surface area (Å²) < 4.78 is 5.83. The molecule has 2 N–H and O–H groups in total. The van der Waals surface area contributed by atoms with E-state index in [0.717, 1.165) is 25.7 Å². The van der Waals surface area contributed by atoms with Gasteiger partial charge in [-0.25, -0.2) is 0 Å². The number of ether oxygens (including phenoxy) is 1. The van der Waals surface area contributed by atoms with Crippen LogP contribution in [-0.2, 0) is 9.53 Å². The minimum absolute atomic E-state index is 0.0759. The number of carbonyl (C=O) groups is 1. The van der Waals surface area contributed by atoms with Crippen molar-refractivity contribution in [1.29, 1.82) is 0 Å². The summed E-state index contributed by atoms with van der Waals surface area (Å²) in [4.78, 5) is 12.4. The Hall–Kier alpha value is -0.610. The third-order valence-corrected chi connectivity index (χ3v) is 8.48. The zero-order valence-electron chi connectivity index (χ0n) is 25.8. The maximum Gasteiger partial charge on any atom is 0.220 e. The number of nitrogens with one attached hydrogen (secondary N) is 1. The van der Waals surface area contributed by atoms with E-state index in [9.17, 15) is 9.90 Å². The van der Waals surface area contributed by atoms with Crippen molar-refractivity contribution in [3.63, 3.8) is 0 Å². The largest absolute Gasteiger partial charge is 0.388 e. The second-order valence-corrected chi connectivity index (χ2v) is 12.2. The van der Waals surface area contributed by atoms with Crippen molar-refractivity contribution in [2.75, 3.05) is 6.61 Å². The lowest BCUT2D eigenvalue weighted by molar-refractivity contribution is -0.122. The van der Waals surface area contributed by atoms with Gasteiger partial charge in [-0.05, 0) is 12.8 Å². The predicted octanol–water partition coefficient (Wildman–Crippen LogP) is 9.80. The molecule has 226 valence electrons. The molecule has 0 aliphatic carbocycles. The standard InChI is InChI=1S/C34H67NO3/c1-3-5-7-9-11-13-15-16-17-18-19-21-23-25-27-29-33(36)35-31-30-38-32(34(31)37)28-26-24-22-20-14-12-10-8-6-4-2/h31-32,34,37H,3-30H2,1-2H3,(H,35,36)/t31-,32+,34-/m0/s1. The Morgan fingerprint density at radius 2 is 0.974 bits per heavy atom. The Bertz CT molecular complexity index is 512. The van der Waals surface area contributed by atoms with Gasteiger partial charge in [-0.15, -0.1) is 0 Å². The zero-order valence-corrected chi connectivity index (χ0v) is 25.8. The molecule has 0 saturated carbocycles. The Kier molecular flexibility index (Phi) is 24.8. The maximum atomic E-state index is 12.4. The van der Waals surface area contributed by atoms with Crippen molar-refractivity contribution in [3.05, 3.63) is 0 Å². The molecule has 0 radical (unpaired) electrons. The molecule has 1 fully saturated rings. The highest BCUT2D eigenvalue weighted by molar-refractivity contribution is 5.76. The lowest BCUT2D eigenvalue weighted by atomic mass is 10.0. The van der Waals surface area contributed by atoms with Crippen LogP contribution in [-0.4, -0.2) is 35.9 Å². The average molecular weight is 538 g/mol. The van der Waals surface area contributed by atoms with Crippen LogP contribution in [0.4, 0.5) is 0 Å². The van der Waals surface area contributed by atoms with Gasteiger partial charge in [-0.2, -0.15) is 0 Å². The second-order valence-electron chi connectivity index (χ2n) is 12.2. The third kappa shape index (κ3) is 20.3. The average Bonchev–Trinajstić information content (AvgIpc) is 3.26. The van der Waals surface area contributed by atoms with Crippen LogP contribution in [0.1, 0.15) is 187 Å². The molecule has 3 atom stereocenters. The normalized spacial score (nSPS) is 19.3. The Morgan fingerprint density at radius 3 is 1.39 bits per heavy atom. The molecule has 1 heterocycles. The molecule has 0 spiro atoms.